The van der Waals surface area contributed by atoms with Crippen LogP contribution in [0.3, 0.4) is 0 Å². The van der Waals surface area contributed by atoms with Gasteiger partial charge in [0.1, 0.15) is 17.7 Å². The van der Waals surface area contributed by atoms with Gasteiger partial charge in [-0.2, -0.15) is 10.5 Å². The number of para-hydroxylation sites is 1. The average molecular weight is 339 g/mol. The standard InChI is InChI=1S/C23H21N3/c1-23(2)14-18(13-19(15-23)20(16-24)17-25)10-11-22-9-6-12-26(22)21-7-4-3-5-8-21/h3-13H,14-15H2,1-2H3/b11-10+. The molecule has 0 bridgehead atoms. The number of nitrogens with zero attached hydrogens (tertiary/aromatic N) is 3. The van der Waals surface area contributed by atoms with E-state index in [1.165, 1.54) is 0 Å². The van der Waals surface area contributed by atoms with Gasteiger partial charge in [0, 0.05) is 17.6 Å². The minimum atomic E-state index is 0.0319. The predicted molar refractivity (Wildman–Crippen MR) is 104 cm³/mol. The number of hydrogen-bond acceptors (Lipinski definition) is 2. The Hall–Kier alpha value is -3.30. The Labute approximate surface area is 154 Å². The van der Waals surface area contributed by atoms with Crippen molar-refractivity contribution in [2.45, 2.75) is 26.7 Å². The van der Waals surface area contributed by atoms with E-state index in [0.717, 1.165) is 35.4 Å². The van der Waals surface area contributed by atoms with Crippen molar-refractivity contribution in [2.24, 2.45) is 5.41 Å². The molecule has 1 aliphatic rings. The van der Waals surface area contributed by atoms with E-state index in [2.05, 4.69) is 48.8 Å². The largest absolute Gasteiger partial charge is 0.317 e. The van der Waals surface area contributed by atoms with Gasteiger partial charge >= 0.3 is 0 Å². The lowest BCUT2D eigenvalue weighted by Crippen LogP contribution is -2.17. The lowest BCUT2D eigenvalue weighted by Gasteiger charge is -2.30. The van der Waals surface area contributed by atoms with Crippen molar-refractivity contribution in [1.29, 1.82) is 10.5 Å². The van der Waals surface area contributed by atoms with Crippen LogP contribution >= 0.6 is 0 Å². The van der Waals surface area contributed by atoms with Crippen LogP contribution in [-0.2, 0) is 0 Å². The smallest absolute Gasteiger partial charge is 0.132 e. The maximum atomic E-state index is 9.20. The molecule has 0 radical (unpaired) electrons. The molecule has 3 heteroatoms. The van der Waals surface area contributed by atoms with Crippen molar-refractivity contribution in [1.82, 2.24) is 4.57 Å². The molecule has 1 aliphatic carbocycles. The van der Waals surface area contributed by atoms with Gasteiger partial charge in [0.05, 0.1) is 0 Å². The summed E-state index contributed by atoms with van der Waals surface area (Å²) in [5.41, 5.74) is 4.43. The maximum Gasteiger partial charge on any atom is 0.132 e. The Morgan fingerprint density at radius 3 is 2.42 bits per heavy atom. The molecule has 0 N–H and O–H groups in total. The zero-order valence-electron chi connectivity index (χ0n) is 15.1. The molecule has 26 heavy (non-hydrogen) atoms. The Balaban J connectivity index is 1.94. The fourth-order valence-electron chi connectivity index (χ4n) is 3.44. The van der Waals surface area contributed by atoms with Crippen molar-refractivity contribution in [2.75, 3.05) is 0 Å². The number of aromatic nitrogens is 1. The van der Waals surface area contributed by atoms with E-state index < -0.39 is 0 Å². The maximum absolute atomic E-state index is 9.20. The van der Waals surface area contributed by atoms with Crippen molar-refractivity contribution in [3.63, 3.8) is 0 Å². The third-order valence-corrected chi connectivity index (χ3v) is 4.54. The highest BCUT2D eigenvalue weighted by atomic mass is 15.0. The van der Waals surface area contributed by atoms with E-state index in [1.807, 2.05) is 48.7 Å². The average Bonchev–Trinajstić information content (AvgIpc) is 3.09. The van der Waals surface area contributed by atoms with Gasteiger partial charge in [-0.25, -0.2) is 0 Å². The first kappa shape index (κ1) is 17.5. The van der Waals surface area contributed by atoms with Crippen molar-refractivity contribution in [3.05, 3.63) is 83.2 Å². The zero-order valence-corrected chi connectivity index (χ0v) is 15.1. The van der Waals surface area contributed by atoms with Crippen LogP contribution in [0, 0.1) is 28.1 Å². The fraction of sp³-hybridized carbons (Fsp3) is 0.217. The van der Waals surface area contributed by atoms with E-state index in [-0.39, 0.29) is 11.0 Å². The molecule has 0 saturated carbocycles. The molecule has 0 aliphatic heterocycles. The minimum Gasteiger partial charge on any atom is -0.317 e. The highest BCUT2D eigenvalue weighted by Crippen LogP contribution is 2.39. The van der Waals surface area contributed by atoms with Gasteiger partial charge < -0.3 is 4.57 Å². The molecule has 1 aromatic carbocycles. The number of rotatable bonds is 3. The van der Waals surface area contributed by atoms with Crippen LogP contribution in [-0.4, -0.2) is 4.57 Å². The second kappa shape index (κ2) is 7.30. The van der Waals surface area contributed by atoms with E-state index >= 15 is 0 Å². The molecule has 0 fully saturated rings. The van der Waals surface area contributed by atoms with E-state index in [0.29, 0.717) is 0 Å². The molecule has 3 rings (SSSR count). The quantitative estimate of drug-likeness (QED) is 0.685. The SMILES string of the molecule is CC1(C)CC(/C=C/c2cccn2-c2ccccc2)=CC(=C(C#N)C#N)C1. The lowest BCUT2D eigenvalue weighted by molar-refractivity contribution is 0.354. The van der Waals surface area contributed by atoms with E-state index in [9.17, 15) is 10.5 Å². The second-order valence-electron chi connectivity index (χ2n) is 7.33. The summed E-state index contributed by atoms with van der Waals surface area (Å²) in [7, 11) is 0. The number of nitriles is 2. The van der Waals surface area contributed by atoms with Gasteiger partial charge in [0.25, 0.3) is 0 Å². The second-order valence-corrected chi connectivity index (χ2v) is 7.33. The van der Waals surface area contributed by atoms with Gasteiger partial charge in [0.2, 0.25) is 0 Å². The third-order valence-electron chi connectivity index (χ3n) is 4.54. The number of allylic oxidation sites excluding steroid dienone is 5. The highest BCUT2D eigenvalue weighted by Gasteiger charge is 2.26. The topological polar surface area (TPSA) is 52.5 Å². The zero-order chi connectivity index (χ0) is 18.6. The molecule has 2 aromatic rings. The molecule has 0 atom stereocenters. The summed E-state index contributed by atoms with van der Waals surface area (Å²) in [4.78, 5) is 0. The third kappa shape index (κ3) is 3.85. The van der Waals surface area contributed by atoms with Gasteiger partial charge in [-0.05, 0) is 59.7 Å². The highest BCUT2D eigenvalue weighted by molar-refractivity contribution is 5.56. The van der Waals surface area contributed by atoms with Crippen LogP contribution < -0.4 is 0 Å². The summed E-state index contributed by atoms with van der Waals surface area (Å²) >= 11 is 0. The first-order valence-electron chi connectivity index (χ1n) is 8.67. The van der Waals surface area contributed by atoms with E-state index in [4.69, 9.17) is 0 Å². The lowest BCUT2D eigenvalue weighted by atomic mass is 9.74. The summed E-state index contributed by atoms with van der Waals surface area (Å²) in [6.45, 7) is 4.35. The summed E-state index contributed by atoms with van der Waals surface area (Å²) in [6.07, 6.45) is 9.91. The predicted octanol–water partition coefficient (Wildman–Crippen LogP) is 5.58. The Bertz CT molecular complexity index is 954. The van der Waals surface area contributed by atoms with Crippen LogP contribution in [0.25, 0.3) is 11.8 Å². The molecule has 0 spiro atoms. The van der Waals surface area contributed by atoms with Crippen LogP contribution in [0.15, 0.2) is 77.5 Å². The van der Waals surface area contributed by atoms with Crippen molar-refractivity contribution in [3.8, 4) is 17.8 Å². The van der Waals surface area contributed by atoms with Crippen LogP contribution in [0.5, 0.6) is 0 Å². The Morgan fingerprint density at radius 1 is 1.00 bits per heavy atom. The molecular formula is C23H21N3. The number of hydrogen-bond donors (Lipinski definition) is 0. The van der Waals surface area contributed by atoms with Gasteiger partial charge in [-0.1, -0.05) is 44.2 Å². The molecule has 128 valence electrons. The first-order valence-corrected chi connectivity index (χ1v) is 8.67. The monoisotopic (exact) mass is 339 g/mol. The number of benzene rings is 1. The Morgan fingerprint density at radius 2 is 1.73 bits per heavy atom. The first-order chi connectivity index (χ1) is 12.5. The molecule has 0 unspecified atom stereocenters. The van der Waals surface area contributed by atoms with Gasteiger partial charge in [-0.15, -0.1) is 0 Å². The summed E-state index contributed by atoms with van der Waals surface area (Å²) in [5.74, 6) is 0. The molecule has 0 amide bonds. The summed E-state index contributed by atoms with van der Waals surface area (Å²) in [6, 6.07) is 18.4. The van der Waals surface area contributed by atoms with Crippen LogP contribution in [0.2, 0.25) is 0 Å². The van der Waals surface area contributed by atoms with Gasteiger partial charge in [-0.3, -0.25) is 0 Å². The fourth-order valence-corrected chi connectivity index (χ4v) is 3.44. The summed E-state index contributed by atoms with van der Waals surface area (Å²) in [5, 5.41) is 18.4. The molecular weight excluding hydrogens is 318 g/mol. The van der Waals surface area contributed by atoms with Crippen molar-refractivity contribution < 1.29 is 0 Å². The van der Waals surface area contributed by atoms with Crippen LogP contribution in [0.1, 0.15) is 32.4 Å². The molecule has 3 nitrogen and oxygen atoms in total. The molecule has 1 heterocycles. The van der Waals surface area contributed by atoms with Crippen LogP contribution in [0.4, 0.5) is 0 Å². The molecule has 0 saturated heterocycles. The molecule has 1 aromatic heterocycles. The van der Waals surface area contributed by atoms with Crippen molar-refractivity contribution >= 4 is 6.08 Å². The normalized spacial score (nSPS) is 16.0. The minimum absolute atomic E-state index is 0.0319. The van der Waals surface area contributed by atoms with E-state index in [1.54, 1.807) is 0 Å². The summed E-state index contributed by atoms with van der Waals surface area (Å²) < 4.78 is 2.14. The van der Waals surface area contributed by atoms with Gasteiger partial charge in [0.15, 0.2) is 0 Å². The Kier molecular flexibility index (Phi) is 4.92.